The number of nitrogens with one attached hydrogen (secondary N) is 2. The largest absolute Gasteiger partial charge is 0.321 e. The van der Waals surface area contributed by atoms with Gasteiger partial charge in [-0.1, -0.05) is 13.0 Å². The lowest BCUT2D eigenvalue weighted by molar-refractivity contribution is 0.102. The van der Waals surface area contributed by atoms with Crippen LogP contribution in [0.3, 0.4) is 0 Å². The van der Waals surface area contributed by atoms with Crippen molar-refractivity contribution in [3.63, 3.8) is 0 Å². The van der Waals surface area contributed by atoms with E-state index in [0.29, 0.717) is 17.1 Å². The molecule has 2 aromatic heterocycles. The summed E-state index contributed by atoms with van der Waals surface area (Å²) < 4.78 is 28.5. The van der Waals surface area contributed by atoms with Crippen LogP contribution in [0.25, 0.3) is 5.82 Å². The van der Waals surface area contributed by atoms with E-state index in [0.717, 1.165) is 0 Å². The summed E-state index contributed by atoms with van der Waals surface area (Å²) in [5.74, 6) is 0.263. The second-order valence-electron chi connectivity index (χ2n) is 5.81. The Kier molecular flexibility index (Phi) is 5.33. The summed E-state index contributed by atoms with van der Waals surface area (Å²) >= 11 is 0. The first-order valence-electron chi connectivity index (χ1n) is 8.27. The van der Waals surface area contributed by atoms with Gasteiger partial charge in [-0.3, -0.25) is 9.36 Å². The Morgan fingerprint density at radius 1 is 1.22 bits per heavy atom. The van der Waals surface area contributed by atoms with E-state index in [1.807, 2.05) is 0 Å². The Labute approximate surface area is 157 Å². The smallest absolute Gasteiger partial charge is 0.256 e. The Hall–Kier alpha value is -3.04. The number of imidazole rings is 1. The van der Waals surface area contributed by atoms with Gasteiger partial charge in [0.05, 0.1) is 16.8 Å². The lowest BCUT2D eigenvalue weighted by atomic mass is 10.1. The zero-order chi connectivity index (χ0) is 19.4. The molecule has 8 nitrogen and oxygen atoms in total. The Morgan fingerprint density at radius 2 is 2.04 bits per heavy atom. The van der Waals surface area contributed by atoms with Crippen molar-refractivity contribution >= 4 is 21.6 Å². The van der Waals surface area contributed by atoms with Crippen molar-refractivity contribution in [1.29, 1.82) is 0 Å². The summed E-state index contributed by atoms with van der Waals surface area (Å²) in [6.45, 7) is 3.71. The zero-order valence-electron chi connectivity index (χ0n) is 14.9. The minimum absolute atomic E-state index is 0.0497. The van der Waals surface area contributed by atoms with E-state index in [1.54, 1.807) is 55.3 Å². The van der Waals surface area contributed by atoms with Gasteiger partial charge in [0.1, 0.15) is 12.1 Å². The SMILES string of the molecule is CCNS(=O)(=O)c1ccc(C)c(C(=O)Nc2ccc(-n3ccnc3)nc2)c1. The third kappa shape index (κ3) is 4.21. The molecule has 2 heterocycles. The first-order valence-corrected chi connectivity index (χ1v) is 9.75. The van der Waals surface area contributed by atoms with Crippen molar-refractivity contribution in [2.24, 2.45) is 0 Å². The van der Waals surface area contributed by atoms with Crippen molar-refractivity contribution < 1.29 is 13.2 Å². The molecule has 0 aliphatic rings. The highest BCUT2D eigenvalue weighted by Crippen LogP contribution is 2.18. The maximum atomic E-state index is 12.6. The van der Waals surface area contributed by atoms with E-state index >= 15 is 0 Å². The molecule has 0 aliphatic carbocycles. The summed E-state index contributed by atoms with van der Waals surface area (Å²) in [4.78, 5) is 20.9. The van der Waals surface area contributed by atoms with Crippen molar-refractivity contribution in [2.75, 3.05) is 11.9 Å². The number of benzene rings is 1. The van der Waals surface area contributed by atoms with E-state index in [1.165, 1.54) is 18.3 Å². The van der Waals surface area contributed by atoms with Crippen LogP contribution in [-0.2, 0) is 10.0 Å². The van der Waals surface area contributed by atoms with Crippen molar-refractivity contribution in [2.45, 2.75) is 18.7 Å². The molecule has 3 aromatic rings. The van der Waals surface area contributed by atoms with E-state index in [2.05, 4.69) is 20.0 Å². The number of sulfonamides is 1. The number of hydrogen-bond acceptors (Lipinski definition) is 5. The van der Waals surface area contributed by atoms with Crippen LogP contribution in [0.5, 0.6) is 0 Å². The molecule has 1 amide bonds. The predicted molar refractivity (Wildman–Crippen MR) is 101 cm³/mol. The van der Waals surface area contributed by atoms with Crippen molar-refractivity contribution in [3.05, 3.63) is 66.4 Å². The zero-order valence-corrected chi connectivity index (χ0v) is 15.7. The van der Waals surface area contributed by atoms with E-state index < -0.39 is 15.9 Å². The monoisotopic (exact) mass is 385 g/mol. The van der Waals surface area contributed by atoms with Crippen LogP contribution in [0, 0.1) is 6.92 Å². The number of aromatic nitrogens is 3. The normalized spacial score (nSPS) is 11.3. The first kappa shape index (κ1) is 18.7. The molecule has 2 N–H and O–H groups in total. The topological polar surface area (TPSA) is 106 Å². The lowest BCUT2D eigenvalue weighted by Gasteiger charge is -2.11. The molecule has 0 saturated carbocycles. The summed E-state index contributed by atoms with van der Waals surface area (Å²) in [6.07, 6.45) is 6.57. The van der Waals surface area contributed by atoms with Gasteiger partial charge < -0.3 is 5.32 Å². The minimum atomic E-state index is -3.64. The number of carbonyl (C=O) groups is 1. The average Bonchev–Trinajstić information content (AvgIpc) is 3.17. The second kappa shape index (κ2) is 7.68. The maximum absolute atomic E-state index is 12.6. The number of carbonyl (C=O) groups excluding carboxylic acids is 1. The van der Waals surface area contributed by atoms with Crippen LogP contribution in [0.2, 0.25) is 0 Å². The molecule has 3 rings (SSSR count). The number of anilines is 1. The molecule has 0 fully saturated rings. The number of aryl methyl sites for hydroxylation is 1. The molecular formula is C18H19N5O3S. The molecule has 9 heteroatoms. The van der Waals surface area contributed by atoms with Gasteiger partial charge in [-0.2, -0.15) is 0 Å². The number of amides is 1. The molecule has 1 aromatic carbocycles. The van der Waals surface area contributed by atoms with Crippen LogP contribution in [0.4, 0.5) is 5.69 Å². The molecule has 0 unspecified atom stereocenters. The summed E-state index contributed by atoms with van der Waals surface area (Å²) in [6, 6.07) is 7.92. The van der Waals surface area contributed by atoms with Crippen LogP contribution in [0.15, 0.2) is 60.1 Å². The van der Waals surface area contributed by atoms with Crippen molar-refractivity contribution in [1.82, 2.24) is 19.3 Å². The molecule has 0 atom stereocenters. The van der Waals surface area contributed by atoms with Crippen LogP contribution in [-0.4, -0.2) is 35.4 Å². The fraction of sp³-hybridized carbons (Fsp3) is 0.167. The van der Waals surface area contributed by atoms with Gasteiger partial charge in [-0.25, -0.2) is 23.1 Å². The van der Waals surface area contributed by atoms with E-state index in [4.69, 9.17) is 0 Å². The highest BCUT2D eigenvalue weighted by atomic mass is 32.2. The van der Waals surface area contributed by atoms with Crippen LogP contribution in [0.1, 0.15) is 22.8 Å². The highest BCUT2D eigenvalue weighted by molar-refractivity contribution is 7.89. The highest BCUT2D eigenvalue weighted by Gasteiger charge is 2.17. The second-order valence-corrected chi connectivity index (χ2v) is 7.57. The summed E-state index contributed by atoms with van der Waals surface area (Å²) in [5.41, 5.74) is 1.46. The number of nitrogens with zero attached hydrogens (tertiary/aromatic N) is 3. The van der Waals surface area contributed by atoms with Gasteiger partial charge in [-0.15, -0.1) is 0 Å². The van der Waals surface area contributed by atoms with Gasteiger partial charge >= 0.3 is 0 Å². The molecule has 0 spiro atoms. The number of rotatable bonds is 6. The molecular weight excluding hydrogens is 366 g/mol. The molecule has 27 heavy (non-hydrogen) atoms. The van der Waals surface area contributed by atoms with Gasteiger partial charge in [-0.05, 0) is 36.8 Å². The van der Waals surface area contributed by atoms with Crippen molar-refractivity contribution in [3.8, 4) is 5.82 Å². The molecule has 140 valence electrons. The third-order valence-corrected chi connectivity index (χ3v) is 5.42. The van der Waals surface area contributed by atoms with Gasteiger partial charge in [0, 0.05) is 24.5 Å². The van der Waals surface area contributed by atoms with Gasteiger partial charge in [0.15, 0.2) is 0 Å². The molecule has 0 bridgehead atoms. The standard InChI is InChI=1S/C18H19N5O3S/c1-3-21-27(25,26)15-6-4-13(2)16(10-15)18(24)22-14-5-7-17(20-11-14)23-9-8-19-12-23/h4-12,21H,3H2,1-2H3,(H,22,24). The Balaban J connectivity index is 1.82. The number of pyridine rings is 1. The lowest BCUT2D eigenvalue weighted by Crippen LogP contribution is -2.24. The average molecular weight is 385 g/mol. The molecule has 0 saturated heterocycles. The van der Waals surface area contributed by atoms with Gasteiger partial charge in [0.2, 0.25) is 10.0 Å². The van der Waals surface area contributed by atoms with E-state index in [9.17, 15) is 13.2 Å². The van der Waals surface area contributed by atoms with Crippen LogP contribution >= 0.6 is 0 Å². The Bertz CT molecular complexity index is 1050. The molecule has 0 aliphatic heterocycles. The van der Waals surface area contributed by atoms with E-state index in [-0.39, 0.29) is 17.0 Å². The number of hydrogen-bond donors (Lipinski definition) is 2. The van der Waals surface area contributed by atoms with Gasteiger partial charge in [0.25, 0.3) is 5.91 Å². The third-order valence-electron chi connectivity index (χ3n) is 3.87. The predicted octanol–water partition coefficient (Wildman–Crippen LogP) is 2.13. The fourth-order valence-electron chi connectivity index (χ4n) is 2.49. The minimum Gasteiger partial charge on any atom is -0.321 e. The first-order chi connectivity index (χ1) is 12.9. The summed E-state index contributed by atoms with van der Waals surface area (Å²) in [7, 11) is -3.64. The quantitative estimate of drug-likeness (QED) is 0.676. The maximum Gasteiger partial charge on any atom is 0.256 e. The molecule has 0 radical (unpaired) electrons. The van der Waals surface area contributed by atoms with Crippen LogP contribution < -0.4 is 10.0 Å². The fourth-order valence-corrected chi connectivity index (χ4v) is 3.56. The Morgan fingerprint density at radius 3 is 2.67 bits per heavy atom. The summed E-state index contributed by atoms with van der Waals surface area (Å²) in [5, 5.41) is 2.74.